The van der Waals surface area contributed by atoms with Gasteiger partial charge >= 0.3 is 5.97 Å². The molecule has 7 heteroatoms. The summed E-state index contributed by atoms with van der Waals surface area (Å²) in [6.45, 7) is 3.05. The quantitative estimate of drug-likeness (QED) is 0.692. The van der Waals surface area contributed by atoms with Gasteiger partial charge in [-0.1, -0.05) is 0 Å². The van der Waals surface area contributed by atoms with Crippen LogP contribution in [0.25, 0.3) is 0 Å². The minimum absolute atomic E-state index is 0.156. The molecule has 1 aliphatic rings. The minimum atomic E-state index is -1.52. The Hall–Kier alpha value is -1.20. The Kier molecular flexibility index (Phi) is 4.53. The van der Waals surface area contributed by atoms with Crippen LogP contribution in [-0.4, -0.2) is 51.1 Å². The second kappa shape index (κ2) is 5.43. The first-order valence-corrected chi connectivity index (χ1v) is 5.73. The smallest absolute Gasteiger partial charge is 0.341 e. The number of esters is 1. The summed E-state index contributed by atoms with van der Waals surface area (Å²) in [6, 6.07) is 1.90. The van der Waals surface area contributed by atoms with Gasteiger partial charge in [0.25, 0.3) is 0 Å². The average molecular weight is 273 g/mol. The molecular formula is C12H19NO6. The fraction of sp³-hybridized carbons (Fsp3) is 0.833. The summed E-state index contributed by atoms with van der Waals surface area (Å²) in [5.41, 5.74) is -1.52. The molecule has 1 heterocycles. The third-order valence-corrected chi connectivity index (χ3v) is 3.50. The number of methoxy groups -OCH3 is 3. The van der Waals surface area contributed by atoms with Crippen LogP contribution >= 0.6 is 0 Å². The standard InChI is InChI=1S/C12H19NO6/c1-10(16-4)11(2,17-5)19-12(6-7-13,8-18-10)9(14)15-3/h6,8H2,1-5H3/t10-,11-,12+/m1/s1. The van der Waals surface area contributed by atoms with E-state index in [0.29, 0.717) is 0 Å². The largest absolute Gasteiger partial charge is 0.467 e. The third-order valence-electron chi connectivity index (χ3n) is 3.50. The lowest BCUT2D eigenvalue weighted by molar-refractivity contribution is -0.445. The molecule has 108 valence electrons. The van der Waals surface area contributed by atoms with Crippen molar-refractivity contribution in [1.82, 2.24) is 0 Å². The first-order valence-electron chi connectivity index (χ1n) is 5.73. The Bertz CT molecular complexity index is 394. The van der Waals surface area contributed by atoms with Crippen molar-refractivity contribution in [3.8, 4) is 6.07 Å². The molecule has 1 aliphatic heterocycles. The highest BCUT2D eigenvalue weighted by atomic mass is 16.8. The molecule has 3 atom stereocenters. The third kappa shape index (κ3) is 2.44. The Morgan fingerprint density at radius 1 is 1.26 bits per heavy atom. The molecule has 19 heavy (non-hydrogen) atoms. The van der Waals surface area contributed by atoms with E-state index < -0.39 is 23.1 Å². The number of hydrogen-bond acceptors (Lipinski definition) is 7. The van der Waals surface area contributed by atoms with Crippen LogP contribution in [0.4, 0.5) is 0 Å². The van der Waals surface area contributed by atoms with Gasteiger partial charge in [-0.2, -0.15) is 5.26 Å². The average Bonchev–Trinajstić information content (AvgIpc) is 2.42. The summed E-state index contributed by atoms with van der Waals surface area (Å²) >= 11 is 0. The summed E-state index contributed by atoms with van der Waals surface area (Å²) in [4.78, 5) is 11.9. The first-order chi connectivity index (χ1) is 8.83. The lowest BCUT2D eigenvalue weighted by Crippen LogP contribution is -2.68. The number of carbonyl (C=O) groups is 1. The van der Waals surface area contributed by atoms with Crippen molar-refractivity contribution in [3.05, 3.63) is 0 Å². The Labute approximate surface area is 112 Å². The number of nitriles is 1. The summed E-state index contributed by atoms with van der Waals surface area (Å²) < 4.78 is 26.6. The van der Waals surface area contributed by atoms with E-state index in [1.807, 2.05) is 6.07 Å². The molecule has 1 fully saturated rings. The van der Waals surface area contributed by atoms with Gasteiger partial charge in [0.15, 0.2) is 0 Å². The molecule has 0 amide bonds. The van der Waals surface area contributed by atoms with Gasteiger partial charge in [0.1, 0.15) is 0 Å². The molecule has 0 saturated carbocycles. The molecule has 0 aromatic heterocycles. The molecule has 0 aromatic rings. The van der Waals surface area contributed by atoms with Gasteiger partial charge in [0.2, 0.25) is 17.2 Å². The number of carbonyl (C=O) groups excluding carboxylic acids is 1. The fourth-order valence-corrected chi connectivity index (χ4v) is 1.93. The van der Waals surface area contributed by atoms with Crippen LogP contribution in [0, 0.1) is 11.3 Å². The van der Waals surface area contributed by atoms with Crippen LogP contribution in [-0.2, 0) is 28.5 Å². The molecule has 1 rings (SSSR count). The number of nitrogens with zero attached hydrogens (tertiary/aromatic N) is 1. The Balaban J connectivity index is 3.16. The van der Waals surface area contributed by atoms with E-state index in [1.54, 1.807) is 13.8 Å². The second-order valence-corrected chi connectivity index (χ2v) is 4.51. The molecule has 0 radical (unpaired) electrons. The van der Waals surface area contributed by atoms with Crippen molar-refractivity contribution < 1.29 is 28.5 Å². The highest BCUT2D eigenvalue weighted by Crippen LogP contribution is 2.41. The molecular weight excluding hydrogens is 254 g/mol. The molecule has 0 unspecified atom stereocenters. The maximum Gasteiger partial charge on any atom is 0.341 e. The highest BCUT2D eigenvalue weighted by molar-refractivity contribution is 5.80. The Morgan fingerprint density at radius 3 is 2.26 bits per heavy atom. The molecule has 0 bridgehead atoms. The summed E-state index contributed by atoms with van der Waals surface area (Å²) in [5.74, 6) is -3.24. The van der Waals surface area contributed by atoms with Gasteiger partial charge < -0.3 is 23.7 Å². The van der Waals surface area contributed by atoms with Crippen molar-refractivity contribution in [3.63, 3.8) is 0 Å². The van der Waals surface area contributed by atoms with Gasteiger partial charge in [-0.15, -0.1) is 0 Å². The SMILES string of the molecule is COC(=O)[C@]1(CC#N)CO[C@@](C)(OC)[C@](C)(OC)O1. The van der Waals surface area contributed by atoms with E-state index in [9.17, 15) is 4.79 Å². The van der Waals surface area contributed by atoms with E-state index in [0.717, 1.165) is 0 Å². The predicted octanol–water partition coefficient (Wildman–Crippen LogP) is 0.584. The fourth-order valence-electron chi connectivity index (χ4n) is 1.93. The summed E-state index contributed by atoms with van der Waals surface area (Å²) in [7, 11) is 4.06. The number of rotatable bonds is 4. The maximum atomic E-state index is 11.9. The van der Waals surface area contributed by atoms with E-state index in [4.69, 9.17) is 28.9 Å². The van der Waals surface area contributed by atoms with Crippen LogP contribution in [0.5, 0.6) is 0 Å². The van der Waals surface area contributed by atoms with Crippen LogP contribution in [0.15, 0.2) is 0 Å². The zero-order valence-corrected chi connectivity index (χ0v) is 11.8. The number of ether oxygens (including phenoxy) is 5. The van der Waals surface area contributed by atoms with Crippen LogP contribution in [0.2, 0.25) is 0 Å². The second-order valence-electron chi connectivity index (χ2n) is 4.51. The van der Waals surface area contributed by atoms with E-state index in [1.165, 1.54) is 21.3 Å². The zero-order valence-electron chi connectivity index (χ0n) is 11.8. The van der Waals surface area contributed by atoms with Crippen molar-refractivity contribution in [2.75, 3.05) is 27.9 Å². The van der Waals surface area contributed by atoms with Gasteiger partial charge in [-0.3, -0.25) is 0 Å². The molecule has 0 aromatic carbocycles. The lowest BCUT2D eigenvalue weighted by Gasteiger charge is -2.51. The van der Waals surface area contributed by atoms with Gasteiger partial charge in [0.05, 0.1) is 26.2 Å². The van der Waals surface area contributed by atoms with Gasteiger partial charge in [0, 0.05) is 14.2 Å². The van der Waals surface area contributed by atoms with Crippen LogP contribution < -0.4 is 0 Å². The van der Waals surface area contributed by atoms with Crippen molar-refractivity contribution in [2.45, 2.75) is 37.4 Å². The van der Waals surface area contributed by atoms with Crippen LogP contribution in [0.1, 0.15) is 20.3 Å². The summed E-state index contributed by atoms with van der Waals surface area (Å²) in [6.07, 6.45) is -0.210. The molecule has 1 saturated heterocycles. The predicted molar refractivity (Wildman–Crippen MR) is 62.8 cm³/mol. The van der Waals surface area contributed by atoms with E-state index >= 15 is 0 Å². The molecule has 0 spiro atoms. The monoisotopic (exact) mass is 273 g/mol. The van der Waals surface area contributed by atoms with E-state index in [2.05, 4.69) is 0 Å². The van der Waals surface area contributed by atoms with Crippen molar-refractivity contribution in [1.29, 1.82) is 5.26 Å². The zero-order chi connectivity index (χ0) is 14.7. The maximum absolute atomic E-state index is 11.9. The highest BCUT2D eigenvalue weighted by Gasteiger charge is 2.61. The number of hydrogen-bond donors (Lipinski definition) is 0. The van der Waals surface area contributed by atoms with Crippen molar-refractivity contribution in [2.24, 2.45) is 0 Å². The lowest BCUT2D eigenvalue weighted by atomic mass is 9.96. The minimum Gasteiger partial charge on any atom is -0.467 e. The van der Waals surface area contributed by atoms with Gasteiger partial charge in [-0.25, -0.2) is 4.79 Å². The van der Waals surface area contributed by atoms with Crippen molar-refractivity contribution >= 4 is 5.97 Å². The van der Waals surface area contributed by atoms with Gasteiger partial charge in [-0.05, 0) is 13.8 Å². The van der Waals surface area contributed by atoms with E-state index in [-0.39, 0.29) is 13.0 Å². The molecule has 0 N–H and O–H groups in total. The summed E-state index contributed by atoms with van der Waals surface area (Å²) in [5, 5.41) is 8.89. The first kappa shape index (κ1) is 15.9. The normalized spacial score (nSPS) is 38.5. The topological polar surface area (TPSA) is 87.0 Å². The van der Waals surface area contributed by atoms with Crippen LogP contribution in [0.3, 0.4) is 0 Å². The Morgan fingerprint density at radius 2 is 1.84 bits per heavy atom. The molecule has 0 aliphatic carbocycles. The molecule has 7 nitrogen and oxygen atoms in total.